The topological polar surface area (TPSA) is 85.8 Å². The Kier molecular flexibility index (Phi) is 5.46. The number of nitrogens with one attached hydrogen (secondary N) is 1. The lowest BCUT2D eigenvalue weighted by atomic mass is 10.2. The van der Waals surface area contributed by atoms with E-state index in [4.69, 9.17) is 5.73 Å². The van der Waals surface area contributed by atoms with Crippen LogP contribution in [-0.4, -0.2) is 27.4 Å². The van der Waals surface area contributed by atoms with Gasteiger partial charge in [0.1, 0.15) is 6.54 Å². The average Bonchev–Trinajstić information content (AvgIpc) is 2.87. The molecule has 0 saturated carbocycles. The minimum Gasteiger partial charge on any atom is -0.330 e. The van der Waals surface area contributed by atoms with Crippen LogP contribution in [0.3, 0.4) is 0 Å². The van der Waals surface area contributed by atoms with Gasteiger partial charge in [-0.2, -0.15) is 0 Å². The molecule has 112 valence electrons. The zero-order chi connectivity index (χ0) is 15.2. The largest absolute Gasteiger partial charge is 0.330 e. The molecule has 2 rings (SSSR count). The number of carbonyl (C=O) groups is 1. The first-order chi connectivity index (χ1) is 10.1. The third kappa shape index (κ3) is 4.64. The van der Waals surface area contributed by atoms with Gasteiger partial charge in [-0.25, -0.2) is 4.68 Å². The number of nitrogens with zero attached hydrogens (tertiary/aromatic N) is 3. The standard InChI is InChI=1S/C14H18BrN5O/c1-10-7-11(15)4-5-13(10)17-14(21)9-20-8-12(18-19-20)3-2-6-16/h4-5,7-8H,2-3,6,9,16H2,1H3,(H,17,21). The third-order valence-electron chi connectivity index (χ3n) is 2.99. The fourth-order valence-electron chi connectivity index (χ4n) is 1.92. The molecular weight excluding hydrogens is 334 g/mol. The molecule has 0 bridgehead atoms. The predicted octanol–water partition coefficient (Wildman–Crippen LogP) is 1.88. The fourth-order valence-corrected chi connectivity index (χ4v) is 2.39. The van der Waals surface area contributed by atoms with Crippen molar-refractivity contribution in [2.45, 2.75) is 26.3 Å². The predicted molar refractivity (Wildman–Crippen MR) is 84.9 cm³/mol. The van der Waals surface area contributed by atoms with Gasteiger partial charge >= 0.3 is 0 Å². The number of anilines is 1. The lowest BCUT2D eigenvalue weighted by Gasteiger charge is -2.08. The lowest BCUT2D eigenvalue weighted by molar-refractivity contribution is -0.116. The van der Waals surface area contributed by atoms with E-state index < -0.39 is 0 Å². The van der Waals surface area contributed by atoms with E-state index in [0.717, 1.165) is 34.3 Å². The molecule has 1 heterocycles. The van der Waals surface area contributed by atoms with Crippen molar-refractivity contribution in [2.75, 3.05) is 11.9 Å². The van der Waals surface area contributed by atoms with Gasteiger partial charge in [-0.1, -0.05) is 21.1 Å². The molecular formula is C14H18BrN5O. The molecule has 7 heteroatoms. The molecule has 3 N–H and O–H groups in total. The van der Waals surface area contributed by atoms with Crippen molar-refractivity contribution in [1.82, 2.24) is 15.0 Å². The van der Waals surface area contributed by atoms with Gasteiger partial charge in [0.05, 0.1) is 5.69 Å². The van der Waals surface area contributed by atoms with Gasteiger partial charge in [0, 0.05) is 16.4 Å². The summed E-state index contributed by atoms with van der Waals surface area (Å²) < 4.78 is 2.52. The van der Waals surface area contributed by atoms with Crippen LogP contribution in [0.4, 0.5) is 5.69 Å². The molecule has 1 aromatic carbocycles. The molecule has 0 atom stereocenters. The maximum atomic E-state index is 12.0. The summed E-state index contributed by atoms with van der Waals surface area (Å²) in [7, 11) is 0. The number of aryl methyl sites for hydroxylation is 2. The number of rotatable bonds is 6. The second-order valence-electron chi connectivity index (χ2n) is 4.81. The highest BCUT2D eigenvalue weighted by atomic mass is 79.9. The molecule has 0 aliphatic rings. The minimum absolute atomic E-state index is 0.129. The number of benzene rings is 1. The van der Waals surface area contributed by atoms with Gasteiger partial charge in [-0.3, -0.25) is 4.79 Å². The first-order valence-corrected chi connectivity index (χ1v) is 7.53. The number of nitrogens with two attached hydrogens (primary N) is 1. The summed E-state index contributed by atoms with van der Waals surface area (Å²) in [5, 5.41) is 10.8. The number of hydrogen-bond donors (Lipinski definition) is 2. The van der Waals surface area contributed by atoms with Gasteiger partial charge < -0.3 is 11.1 Å². The third-order valence-corrected chi connectivity index (χ3v) is 3.48. The van der Waals surface area contributed by atoms with Crippen LogP contribution in [0.5, 0.6) is 0 Å². The zero-order valence-electron chi connectivity index (χ0n) is 11.8. The Hall–Kier alpha value is -1.73. The van der Waals surface area contributed by atoms with Gasteiger partial charge in [0.2, 0.25) is 5.91 Å². The van der Waals surface area contributed by atoms with Gasteiger partial charge in [-0.15, -0.1) is 5.10 Å². The highest BCUT2D eigenvalue weighted by Gasteiger charge is 2.08. The Labute approximate surface area is 131 Å². The van der Waals surface area contributed by atoms with Crippen LogP contribution in [0.2, 0.25) is 0 Å². The molecule has 2 aromatic rings. The average molecular weight is 352 g/mol. The van der Waals surface area contributed by atoms with Crippen LogP contribution in [0.25, 0.3) is 0 Å². The molecule has 21 heavy (non-hydrogen) atoms. The van der Waals surface area contributed by atoms with Gasteiger partial charge in [0.15, 0.2) is 0 Å². The molecule has 0 radical (unpaired) electrons. The highest BCUT2D eigenvalue weighted by molar-refractivity contribution is 9.10. The lowest BCUT2D eigenvalue weighted by Crippen LogP contribution is -2.19. The molecule has 0 aliphatic heterocycles. The first-order valence-electron chi connectivity index (χ1n) is 6.73. The molecule has 1 aromatic heterocycles. The van der Waals surface area contributed by atoms with Crippen molar-refractivity contribution in [2.24, 2.45) is 5.73 Å². The number of aromatic nitrogens is 3. The van der Waals surface area contributed by atoms with E-state index in [1.807, 2.05) is 25.1 Å². The van der Waals surface area contributed by atoms with Crippen LogP contribution in [0.1, 0.15) is 17.7 Å². The number of carbonyl (C=O) groups excluding carboxylic acids is 1. The van der Waals surface area contributed by atoms with Crippen LogP contribution >= 0.6 is 15.9 Å². The molecule has 0 saturated heterocycles. The molecule has 0 fully saturated rings. The van der Waals surface area contributed by atoms with E-state index in [1.165, 1.54) is 4.68 Å². The van der Waals surface area contributed by atoms with Crippen molar-refractivity contribution >= 4 is 27.5 Å². The zero-order valence-corrected chi connectivity index (χ0v) is 13.4. The maximum absolute atomic E-state index is 12.0. The Balaban J connectivity index is 1.93. The summed E-state index contributed by atoms with van der Waals surface area (Å²) >= 11 is 3.40. The van der Waals surface area contributed by atoms with Crippen molar-refractivity contribution < 1.29 is 4.79 Å². The van der Waals surface area contributed by atoms with Crippen LogP contribution in [0.15, 0.2) is 28.9 Å². The second kappa shape index (κ2) is 7.33. The molecule has 0 unspecified atom stereocenters. The Morgan fingerprint density at radius 3 is 3.00 bits per heavy atom. The Bertz CT molecular complexity index is 626. The SMILES string of the molecule is Cc1cc(Br)ccc1NC(=O)Cn1cc(CCCN)nn1. The van der Waals surface area contributed by atoms with Crippen LogP contribution < -0.4 is 11.1 Å². The number of amides is 1. The van der Waals surface area contributed by atoms with Crippen LogP contribution in [-0.2, 0) is 17.8 Å². The monoisotopic (exact) mass is 351 g/mol. The van der Waals surface area contributed by atoms with Crippen molar-refractivity contribution in [3.05, 3.63) is 40.1 Å². The summed E-state index contributed by atoms with van der Waals surface area (Å²) in [6.07, 6.45) is 3.43. The number of hydrogen-bond acceptors (Lipinski definition) is 4. The smallest absolute Gasteiger partial charge is 0.246 e. The van der Waals surface area contributed by atoms with Gasteiger partial charge in [0.25, 0.3) is 0 Å². The summed E-state index contributed by atoms with van der Waals surface area (Å²) in [6.45, 7) is 2.71. The Morgan fingerprint density at radius 2 is 2.29 bits per heavy atom. The van der Waals surface area contributed by atoms with Crippen LogP contribution in [0, 0.1) is 6.92 Å². The fraction of sp³-hybridized carbons (Fsp3) is 0.357. The normalized spacial score (nSPS) is 10.6. The van der Waals surface area contributed by atoms with Gasteiger partial charge in [-0.05, 0) is 50.1 Å². The number of halogens is 1. The van der Waals surface area contributed by atoms with E-state index in [9.17, 15) is 4.79 Å². The van der Waals surface area contributed by atoms with E-state index in [0.29, 0.717) is 6.54 Å². The highest BCUT2D eigenvalue weighted by Crippen LogP contribution is 2.19. The van der Waals surface area contributed by atoms with E-state index in [-0.39, 0.29) is 12.5 Å². The summed E-state index contributed by atoms with van der Waals surface area (Å²) in [5.74, 6) is -0.129. The molecule has 0 aliphatic carbocycles. The minimum atomic E-state index is -0.129. The molecule has 1 amide bonds. The van der Waals surface area contributed by atoms with E-state index >= 15 is 0 Å². The van der Waals surface area contributed by atoms with Crippen molar-refractivity contribution in [3.63, 3.8) is 0 Å². The van der Waals surface area contributed by atoms with E-state index in [1.54, 1.807) is 6.20 Å². The molecule has 6 nitrogen and oxygen atoms in total. The Morgan fingerprint density at radius 1 is 1.48 bits per heavy atom. The maximum Gasteiger partial charge on any atom is 0.246 e. The molecule has 0 spiro atoms. The van der Waals surface area contributed by atoms with Crippen molar-refractivity contribution in [1.29, 1.82) is 0 Å². The summed E-state index contributed by atoms with van der Waals surface area (Å²) in [5.41, 5.74) is 8.10. The summed E-state index contributed by atoms with van der Waals surface area (Å²) in [4.78, 5) is 12.0. The quantitative estimate of drug-likeness (QED) is 0.831. The van der Waals surface area contributed by atoms with Crippen molar-refractivity contribution in [3.8, 4) is 0 Å². The second-order valence-corrected chi connectivity index (χ2v) is 5.72. The van der Waals surface area contributed by atoms with E-state index in [2.05, 4.69) is 31.6 Å². The first kappa shape index (κ1) is 15.7. The summed E-state index contributed by atoms with van der Waals surface area (Å²) in [6, 6.07) is 5.71.